The molecule has 0 aliphatic heterocycles. The summed E-state index contributed by atoms with van der Waals surface area (Å²) in [6.07, 6.45) is 0. The Balaban J connectivity index is 1.82. The number of aromatic nitrogens is 4. The third-order valence-corrected chi connectivity index (χ3v) is 5.87. The first-order valence-corrected chi connectivity index (χ1v) is 9.85. The number of aryl methyl sites for hydroxylation is 1. The van der Waals surface area contributed by atoms with Crippen LogP contribution in [-0.4, -0.2) is 25.9 Å². The predicted molar refractivity (Wildman–Crippen MR) is 109 cm³/mol. The summed E-state index contributed by atoms with van der Waals surface area (Å²) < 4.78 is 1.56. The van der Waals surface area contributed by atoms with Gasteiger partial charge in [0.1, 0.15) is 10.2 Å². The molecule has 0 atom stereocenters. The molecule has 0 unspecified atom stereocenters. The Hall–Kier alpha value is -1.96. The molecule has 6 nitrogen and oxygen atoms in total. The van der Waals surface area contributed by atoms with Crippen LogP contribution in [0.4, 0.5) is 5.13 Å². The molecule has 9 heteroatoms. The van der Waals surface area contributed by atoms with Crippen LogP contribution >= 0.6 is 34.5 Å². The Kier molecular flexibility index (Phi) is 5.55. The third-order valence-electron chi connectivity index (χ3n) is 3.86. The van der Waals surface area contributed by atoms with Gasteiger partial charge in [-0.25, -0.2) is 4.68 Å². The molecule has 1 N–H and O–H groups in total. The van der Waals surface area contributed by atoms with Crippen LogP contribution in [-0.2, 0) is 12.0 Å². The van der Waals surface area contributed by atoms with E-state index < -0.39 is 0 Å². The van der Waals surface area contributed by atoms with Gasteiger partial charge in [0.15, 0.2) is 0 Å². The van der Waals surface area contributed by atoms with Crippen molar-refractivity contribution in [1.29, 1.82) is 0 Å². The van der Waals surface area contributed by atoms with Crippen LogP contribution in [0.25, 0.3) is 0 Å². The third kappa shape index (κ3) is 4.31. The Bertz CT molecular complexity index is 990. The summed E-state index contributed by atoms with van der Waals surface area (Å²) in [4.78, 5) is 12.7. The van der Waals surface area contributed by atoms with Gasteiger partial charge in [0.25, 0.3) is 5.91 Å². The minimum atomic E-state index is -0.362. The average molecular weight is 424 g/mol. The molecule has 0 spiro atoms. The van der Waals surface area contributed by atoms with Gasteiger partial charge in [0.2, 0.25) is 5.13 Å². The fourth-order valence-electron chi connectivity index (χ4n) is 2.44. The molecule has 0 bridgehead atoms. The van der Waals surface area contributed by atoms with Gasteiger partial charge in [0.05, 0.1) is 17.8 Å². The van der Waals surface area contributed by atoms with Gasteiger partial charge < -0.3 is 0 Å². The summed E-state index contributed by atoms with van der Waals surface area (Å²) in [5.74, 6) is -0.362. The number of benzene rings is 1. The largest absolute Gasteiger partial charge is 0.296 e. The van der Waals surface area contributed by atoms with Gasteiger partial charge in [-0.2, -0.15) is 5.10 Å². The molecule has 3 aromatic rings. The second kappa shape index (κ2) is 7.58. The molecule has 0 fully saturated rings. The highest BCUT2D eigenvalue weighted by Gasteiger charge is 2.24. The number of hydrogen-bond donors (Lipinski definition) is 1. The standard InChI is InChI=1S/C18H19Cl2N5OS/c1-10-13(15(26)21-17-23-22-16(27-17)18(2,3)4)14(20)25(24-10)9-11-7-5-6-8-12(11)19/h5-8H,9H2,1-4H3,(H,21,23,26). The normalized spacial score (nSPS) is 11.6. The van der Waals surface area contributed by atoms with Crippen LogP contribution in [0.2, 0.25) is 10.2 Å². The molecule has 142 valence electrons. The van der Waals surface area contributed by atoms with E-state index in [4.69, 9.17) is 23.2 Å². The predicted octanol–water partition coefficient (Wildman–Crippen LogP) is 4.95. The highest BCUT2D eigenvalue weighted by atomic mass is 35.5. The average Bonchev–Trinajstić information content (AvgIpc) is 3.14. The fourth-order valence-corrected chi connectivity index (χ4v) is 3.75. The van der Waals surface area contributed by atoms with E-state index in [2.05, 4.69) is 20.6 Å². The lowest BCUT2D eigenvalue weighted by atomic mass is 9.98. The maximum atomic E-state index is 12.7. The van der Waals surface area contributed by atoms with Crippen LogP contribution in [0.5, 0.6) is 0 Å². The smallest absolute Gasteiger partial charge is 0.262 e. The Morgan fingerprint density at radius 3 is 2.56 bits per heavy atom. The van der Waals surface area contributed by atoms with Crippen LogP contribution < -0.4 is 5.32 Å². The highest BCUT2D eigenvalue weighted by Crippen LogP contribution is 2.29. The Morgan fingerprint density at radius 2 is 1.93 bits per heavy atom. The van der Waals surface area contributed by atoms with Gasteiger partial charge in [-0.1, -0.05) is 73.5 Å². The zero-order valence-corrected chi connectivity index (χ0v) is 17.7. The van der Waals surface area contributed by atoms with Crippen LogP contribution in [0, 0.1) is 6.92 Å². The number of rotatable bonds is 4. The minimum Gasteiger partial charge on any atom is -0.296 e. The number of nitrogens with zero attached hydrogens (tertiary/aromatic N) is 4. The zero-order valence-electron chi connectivity index (χ0n) is 15.4. The van der Waals surface area contributed by atoms with Crippen molar-refractivity contribution in [3.63, 3.8) is 0 Å². The topological polar surface area (TPSA) is 72.7 Å². The number of carbonyl (C=O) groups excluding carboxylic acids is 1. The van der Waals surface area contributed by atoms with Crippen molar-refractivity contribution in [1.82, 2.24) is 20.0 Å². The maximum absolute atomic E-state index is 12.7. The van der Waals surface area contributed by atoms with Gasteiger partial charge >= 0.3 is 0 Å². The van der Waals surface area contributed by atoms with E-state index in [-0.39, 0.29) is 16.5 Å². The Morgan fingerprint density at radius 1 is 1.22 bits per heavy atom. The summed E-state index contributed by atoms with van der Waals surface area (Å²) in [5, 5.41) is 17.5. The van der Waals surface area contributed by atoms with Crippen molar-refractivity contribution in [2.24, 2.45) is 0 Å². The van der Waals surface area contributed by atoms with Crippen molar-refractivity contribution in [3.05, 3.63) is 56.3 Å². The van der Waals surface area contributed by atoms with Gasteiger partial charge in [0, 0.05) is 10.4 Å². The van der Waals surface area contributed by atoms with Gasteiger partial charge in [-0.15, -0.1) is 10.2 Å². The zero-order chi connectivity index (χ0) is 19.8. The molecule has 0 aliphatic rings. The lowest BCUT2D eigenvalue weighted by molar-refractivity contribution is 0.102. The summed E-state index contributed by atoms with van der Waals surface area (Å²) in [7, 11) is 0. The molecule has 27 heavy (non-hydrogen) atoms. The van der Waals surface area contributed by atoms with Crippen LogP contribution in [0.1, 0.15) is 47.4 Å². The first-order chi connectivity index (χ1) is 12.7. The van der Waals surface area contributed by atoms with Crippen LogP contribution in [0.15, 0.2) is 24.3 Å². The highest BCUT2D eigenvalue weighted by molar-refractivity contribution is 7.15. The molecular weight excluding hydrogens is 405 g/mol. The van der Waals surface area contributed by atoms with Crippen molar-refractivity contribution in [2.75, 3.05) is 5.32 Å². The van der Waals surface area contributed by atoms with Crippen molar-refractivity contribution in [2.45, 2.75) is 39.7 Å². The molecule has 2 aromatic heterocycles. The van der Waals surface area contributed by atoms with E-state index in [1.165, 1.54) is 11.3 Å². The van der Waals surface area contributed by atoms with Gasteiger partial charge in [-0.3, -0.25) is 10.1 Å². The summed E-state index contributed by atoms with van der Waals surface area (Å²) in [5.41, 5.74) is 1.59. The second-order valence-corrected chi connectivity index (χ2v) is 8.86. The Labute approximate surface area is 171 Å². The maximum Gasteiger partial charge on any atom is 0.262 e. The summed E-state index contributed by atoms with van der Waals surface area (Å²) in [6, 6.07) is 7.44. The van der Waals surface area contributed by atoms with E-state index in [1.807, 2.05) is 39.0 Å². The molecule has 0 radical (unpaired) electrons. The van der Waals surface area contributed by atoms with E-state index in [0.29, 0.717) is 28.0 Å². The number of nitrogens with one attached hydrogen (secondary N) is 1. The fraction of sp³-hybridized carbons (Fsp3) is 0.333. The van der Waals surface area contributed by atoms with E-state index in [1.54, 1.807) is 17.7 Å². The quantitative estimate of drug-likeness (QED) is 0.644. The summed E-state index contributed by atoms with van der Waals surface area (Å²) in [6.45, 7) is 8.24. The number of halogens is 2. The van der Waals surface area contributed by atoms with E-state index in [0.717, 1.165) is 10.6 Å². The number of hydrogen-bond acceptors (Lipinski definition) is 5. The molecule has 1 aromatic carbocycles. The van der Waals surface area contributed by atoms with Crippen molar-refractivity contribution in [3.8, 4) is 0 Å². The first-order valence-electron chi connectivity index (χ1n) is 8.28. The lowest BCUT2D eigenvalue weighted by Gasteiger charge is -2.12. The number of anilines is 1. The van der Waals surface area contributed by atoms with Crippen molar-refractivity contribution < 1.29 is 4.79 Å². The van der Waals surface area contributed by atoms with Crippen molar-refractivity contribution >= 4 is 45.6 Å². The molecule has 0 saturated heterocycles. The SMILES string of the molecule is Cc1nn(Cc2ccccc2Cl)c(Cl)c1C(=O)Nc1nnc(C(C)(C)C)s1. The number of amides is 1. The minimum absolute atomic E-state index is 0.131. The number of carbonyl (C=O) groups is 1. The van der Waals surface area contributed by atoms with E-state index >= 15 is 0 Å². The van der Waals surface area contributed by atoms with Gasteiger partial charge in [-0.05, 0) is 18.6 Å². The second-order valence-electron chi connectivity index (χ2n) is 7.12. The molecule has 1 amide bonds. The monoisotopic (exact) mass is 423 g/mol. The van der Waals surface area contributed by atoms with Crippen LogP contribution in [0.3, 0.4) is 0 Å². The molecule has 0 aliphatic carbocycles. The molecule has 2 heterocycles. The molecule has 0 saturated carbocycles. The molecular formula is C18H19Cl2N5OS. The molecule has 3 rings (SSSR count). The summed E-state index contributed by atoms with van der Waals surface area (Å²) >= 11 is 14.0. The first kappa shape index (κ1) is 19.8. The van der Waals surface area contributed by atoms with E-state index in [9.17, 15) is 4.79 Å². The lowest BCUT2D eigenvalue weighted by Crippen LogP contribution is -2.13.